The molecular weight excluding hydrogens is 369 g/mol. The van der Waals surface area contributed by atoms with Crippen LogP contribution in [0.3, 0.4) is 0 Å². The van der Waals surface area contributed by atoms with Crippen LogP contribution < -0.4 is 5.56 Å². The zero-order valence-corrected chi connectivity index (χ0v) is 15.1. The number of H-pyrrole nitrogens is 1. The van der Waals surface area contributed by atoms with Crippen LogP contribution in [-0.2, 0) is 0 Å². The molecule has 4 rings (SSSR count). The summed E-state index contributed by atoms with van der Waals surface area (Å²) >= 11 is 1.35. The van der Waals surface area contributed by atoms with E-state index >= 15 is 0 Å². The molecule has 27 heavy (non-hydrogen) atoms. The number of hydrogen-bond donors (Lipinski definition) is 1. The minimum atomic E-state index is -0.349. The van der Waals surface area contributed by atoms with Crippen molar-refractivity contribution < 1.29 is 9.18 Å². The van der Waals surface area contributed by atoms with Crippen LogP contribution >= 0.6 is 11.3 Å². The lowest BCUT2D eigenvalue weighted by atomic mass is 9.98. The topological polar surface area (TPSA) is 91.8 Å². The summed E-state index contributed by atoms with van der Waals surface area (Å²) in [6.45, 7) is 1.11. The third-order valence-electron chi connectivity index (χ3n) is 4.50. The van der Waals surface area contributed by atoms with Crippen molar-refractivity contribution in [1.29, 1.82) is 0 Å². The van der Waals surface area contributed by atoms with Crippen molar-refractivity contribution in [1.82, 2.24) is 25.3 Å². The number of piperidine rings is 1. The quantitative estimate of drug-likeness (QED) is 0.748. The van der Waals surface area contributed by atoms with E-state index in [1.165, 1.54) is 29.5 Å². The molecule has 1 saturated heterocycles. The van der Waals surface area contributed by atoms with Crippen molar-refractivity contribution >= 4 is 17.2 Å². The largest absolute Gasteiger partial charge is 0.337 e. The summed E-state index contributed by atoms with van der Waals surface area (Å²) in [5, 5.41) is 15.8. The molecule has 1 aliphatic rings. The van der Waals surface area contributed by atoms with Crippen LogP contribution in [0, 0.1) is 5.82 Å². The van der Waals surface area contributed by atoms with Gasteiger partial charge in [0.15, 0.2) is 5.01 Å². The molecule has 0 bridgehead atoms. The molecular formula is C18H16FN5O2S. The molecule has 0 saturated carbocycles. The van der Waals surface area contributed by atoms with Gasteiger partial charge in [0.25, 0.3) is 11.5 Å². The van der Waals surface area contributed by atoms with E-state index < -0.39 is 0 Å². The van der Waals surface area contributed by atoms with Gasteiger partial charge in [-0.25, -0.2) is 9.49 Å². The van der Waals surface area contributed by atoms with Crippen molar-refractivity contribution in [2.45, 2.75) is 18.8 Å². The molecule has 7 nitrogen and oxygen atoms in total. The Kier molecular flexibility index (Phi) is 4.76. The highest BCUT2D eigenvalue weighted by molar-refractivity contribution is 7.14. The van der Waals surface area contributed by atoms with Crippen LogP contribution in [0.1, 0.15) is 34.3 Å². The number of carbonyl (C=O) groups is 1. The first-order valence-corrected chi connectivity index (χ1v) is 9.37. The number of amides is 1. The molecule has 1 atom stereocenters. The highest BCUT2D eigenvalue weighted by atomic mass is 32.1. The number of rotatable bonds is 3. The van der Waals surface area contributed by atoms with E-state index in [4.69, 9.17) is 0 Å². The molecule has 0 radical (unpaired) electrons. The summed E-state index contributed by atoms with van der Waals surface area (Å²) in [4.78, 5) is 25.4. The van der Waals surface area contributed by atoms with Crippen molar-refractivity contribution in [2.75, 3.05) is 13.1 Å². The molecule has 138 valence electrons. The molecule has 1 aromatic carbocycles. The Morgan fingerprint density at radius 2 is 2.07 bits per heavy atom. The van der Waals surface area contributed by atoms with Crippen molar-refractivity contribution in [3.05, 3.63) is 63.3 Å². The van der Waals surface area contributed by atoms with E-state index in [1.807, 2.05) is 0 Å². The van der Waals surface area contributed by atoms with Crippen LogP contribution in [0.5, 0.6) is 0 Å². The summed E-state index contributed by atoms with van der Waals surface area (Å²) in [7, 11) is 0. The second kappa shape index (κ2) is 7.36. The van der Waals surface area contributed by atoms with E-state index in [0.29, 0.717) is 23.7 Å². The Morgan fingerprint density at radius 3 is 2.85 bits per heavy atom. The Bertz CT molecular complexity index is 1010. The second-order valence-corrected chi connectivity index (χ2v) is 7.33. The van der Waals surface area contributed by atoms with Crippen LogP contribution in [0.4, 0.5) is 4.39 Å². The number of benzene rings is 1. The monoisotopic (exact) mass is 385 g/mol. The average Bonchev–Trinajstić information content (AvgIpc) is 3.18. The molecule has 2 aromatic heterocycles. The maximum atomic E-state index is 14.0. The van der Waals surface area contributed by atoms with Gasteiger partial charge in [-0.15, -0.1) is 10.2 Å². The standard InChI is InChI=1S/C18H16FN5O2S/c19-13-6-2-1-5-12(13)17-23-22-16(27-17)11-4-3-9-24(10-11)18(26)14-7-8-15(25)21-20-14/h1-2,5-8,11H,3-4,9-10H2,(H,21,25). The van der Waals surface area contributed by atoms with Gasteiger partial charge in [-0.1, -0.05) is 23.5 Å². The predicted octanol–water partition coefficient (Wildman–Crippen LogP) is 2.45. The Hall–Kier alpha value is -2.94. The van der Waals surface area contributed by atoms with Crippen LogP contribution in [0.25, 0.3) is 10.6 Å². The fourth-order valence-electron chi connectivity index (χ4n) is 3.13. The lowest BCUT2D eigenvalue weighted by Crippen LogP contribution is -2.39. The van der Waals surface area contributed by atoms with Gasteiger partial charge in [-0.05, 0) is 31.0 Å². The maximum absolute atomic E-state index is 14.0. The summed E-state index contributed by atoms with van der Waals surface area (Å²) in [6, 6.07) is 9.18. The first-order valence-electron chi connectivity index (χ1n) is 8.55. The lowest BCUT2D eigenvalue weighted by Gasteiger charge is -2.31. The fraction of sp³-hybridized carbons (Fsp3) is 0.278. The number of hydrogen-bond acceptors (Lipinski definition) is 6. The molecule has 1 amide bonds. The maximum Gasteiger partial charge on any atom is 0.274 e. The van der Waals surface area contributed by atoms with Gasteiger partial charge in [0.2, 0.25) is 0 Å². The number of nitrogens with one attached hydrogen (secondary N) is 1. The Labute approximate surface area is 157 Å². The minimum Gasteiger partial charge on any atom is -0.337 e. The smallest absolute Gasteiger partial charge is 0.274 e. The van der Waals surface area contributed by atoms with Crippen molar-refractivity contribution in [3.63, 3.8) is 0 Å². The highest BCUT2D eigenvalue weighted by Crippen LogP contribution is 2.33. The fourth-order valence-corrected chi connectivity index (χ4v) is 4.13. The molecule has 9 heteroatoms. The highest BCUT2D eigenvalue weighted by Gasteiger charge is 2.28. The number of nitrogens with zero attached hydrogens (tertiary/aromatic N) is 4. The number of likely N-dealkylation sites (tertiary alicyclic amines) is 1. The SMILES string of the molecule is O=C(c1ccc(=O)[nH]n1)N1CCCC(c2nnc(-c3ccccc3F)s2)C1. The number of aromatic nitrogens is 4. The molecule has 3 heterocycles. The van der Waals surface area contributed by atoms with Gasteiger partial charge >= 0.3 is 0 Å². The first kappa shape index (κ1) is 17.5. The lowest BCUT2D eigenvalue weighted by molar-refractivity contribution is 0.0699. The average molecular weight is 385 g/mol. The number of halogens is 1. The van der Waals surface area contributed by atoms with Crippen LogP contribution in [-0.4, -0.2) is 44.3 Å². The van der Waals surface area contributed by atoms with Gasteiger partial charge < -0.3 is 4.90 Å². The van der Waals surface area contributed by atoms with E-state index in [1.54, 1.807) is 23.1 Å². The van der Waals surface area contributed by atoms with Crippen molar-refractivity contribution in [2.24, 2.45) is 0 Å². The van der Waals surface area contributed by atoms with Gasteiger partial charge in [-0.2, -0.15) is 5.10 Å². The van der Waals surface area contributed by atoms with E-state index in [2.05, 4.69) is 20.4 Å². The molecule has 0 aliphatic carbocycles. The summed E-state index contributed by atoms with van der Waals surface area (Å²) in [6.07, 6.45) is 1.71. The third kappa shape index (κ3) is 3.63. The van der Waals surface area contributed by atoms with Crippen LogP contribution in [0.15, 0.2) is 41.2 Å². The van der Waals surface area contributed by atoms with Gasteiger partial charge in [0, 0.05) is 30.6 Å². The zero-order chi connectivity index (χ0) is 18.8. The molecule has 1 unspecified atom stereocenters. The molecule has 3 aromatic rings. The second-order valence-electron chi connectivity index (χ2n) is 6.32. The molecule has 1 N–H and O–H groups in total. The van der Waals surface area contributed by atoms with E-state index in [9.17, 15) is 14.0 Å². The molecule has 0 spiro atoms. The number of carbonyl (C=O) groups excluding carboxylic acids is 1. The van der Waals surface area contributed by atoms with Gasteiger partial charge in [0.1, 0.15) is 16.5 Å². The molecule has 1 fully saturated rings. The third-order valence-corrected chi connectivity index (χ3v) is 5.62. The van der Waals surface area contributed by atoms with Gasteiger partial charge in [0.05, 0.1) is 0 Å². The van der Waals surface area contributed by atoms with E-state index in [-0.39, 0.29) is 28.9 Å². The Balaban J connectivity index is 1.52. The Morgan fingerprint density at radius 1 is 1.22 bits per heavy atom. The van der Waals surface area contributed by atoms with Gasteiger partial charge in [-0.3, -0.25) is 9.59 Å². The van der Waals surface area contributed by atoms with Crippen molar-refractivity contribution in [3.8, 4) is 10.6 Å². The van der Waals surface area contributed by atoms with E-state index in [0.717, 1.165) is 17.8 Å². The summed E-state index contributed by atoms with van der Waals surface area (Å²) in [5.74, 6) is -0.511. The summed E-state index contributed by atoms with van der Waals surface area (Å²) in [5.41, 5.74) is 0.291. The minimum absolute atomic E-state index is 0.0449. The molecule has 1 aliphatic heterocycles. The number of aromatic amines is 1. The summed E-state index contributed by atoms with van der Waals surface area (Å²) < 4.78 is 14.0. The first-order chi connectivity index (χ1) is 13.1. The van der Waals surface area contributed by atoms with Crippen LogP contribution in [0.2, 0.25) is 0 Å². The predicted molar refractivity (Wildman–Crippen MR) is 98.0 cm³/mol. The zero-order valence-electron chi connectivity index (χ0n) is 14.3. The normalized spacial score (nSPS) is 17.1.